The molecule has 3 rings (SSSR count). The van der Waals surface area contributed by atoms with Gasteiger partial charge in [0, 0.05) is 29.1 Å². The Morgan fingerprint density at radius 3 is 2.95 bits per heavy atom. The number of nitrogens with zero attached hydrogens (tertiary/aromatic N) is 1. The normalized spacial score (nSPS) is 22.6. The third kappa shape index (κ3) is 2.24. The molecule has 0 aliphatic carbocycles. The van der Waals surface area contributed by atoms with Crippen LogP contribution in [0.3, 0.4) is 0 Å². The van der Waals surface area contributed by atoms with Gasteiger partial charge in [-0.05, 0) is 32.0 Å². The summed E-state index contributed by atoms with van der Waals surface area (Å²) in [5.41, 5.74) is 0.0738. The fraction of sp³-hybridized carbons (Fsp3) is 0.400. The third-order valence-electron chi connectivity index (χ3n) is 3.77. The Labute approximate surface area is 113 Å². The molecule has 1 fully saturated rings. The molecule has 2 N–H and O–H groups in total. The minimum Gasteiger partial charge on any atom is -0.496 e. The molecule has 2 aromatic rings. The van der Waals surface area contributed by atoms with Gasteiger partial charge in [-0.1, -0.05) is 12.1 Å². The van der Waals surface area contributed by atoms with Crippen molar-refractivity contribution in [2.75, 3.05) is 25.5 Å². The van der Waals surface area contributed by atoms with E-state index in [1.165, 1.54) is 0 Å². The lowest BCUT2D eigenvalue weighted by atomic mass is 10.0. The van der Waals surface area contributed by atoms with E-state index in [0.29, 0.717) is 0 Å². The number of aromatic nitrogens is 1. The molecule has 0 radical (unpaired) electrons. The van der Waals surface area contributed by atoms with Gasteiger partial charge in [0.25, 0.3) is 0 Å². The Bertz CT molecular complexity index is 591. The summed E-state index contributed by atoms with van der Waals surface area (Å²) in [4.78, 5) is 4.50. The fourth-order valence-electron chi connectivity index (χ4n) is 2.67. The highest BCUT2D eigenvalue weighted by molar-refractivity contribution is 5.96. The summed E-state index contributed by atoms with van der Waals surface area (Å²) in [6.07, 6.45) is 2.94. The van der Waals surface area contributed by atoms with Gasteiger partial charge in [0.05, 0.1) is 7.11 Å². The molecule has 1 saturated heterocycles. The zero-order chi connectivity index (χ0) is 13.3. The summed E-state index contributed by atoms with van der Waals surface area (Å²) >= 11 is 0. The van der Waals surface area contributed by atoms with Crippen molar-refractivity contribution in [3.05, 3.63) is 30.5 Å². The quantitative estimate of drug-likeness (QED) is 0.886. The second kappa shape index (κ2) is 4.70. The zero-order valence-electron chi connectivity index (χ0n) is 11.4. The van der Waals surface area contributed by atoms with Gasteiger partial charge in [0.15, 0.2) is 0 Å². The maximum atomic E-state index is 5.41. The van der Waals surface area contributed by atoms with E-state index in [4.69, 9.17) is 4.74 Å². The summed E-state index contributed by atoms with van der Waals surface area (Å²) < 4.78 is 5.41. The van der Waals surface area contributed by atoms with Crippen molar-refractivity contribution in [2.45, 2.75) is 18.9 Å². The maximum Gasteiger partial charge on any atom is 0.134 e. The summed E-state index contributed by atoms with van der Waals surface area (Å²) in [6, 6.07) is 8.06. The van der Waals surface area contributed by atoms with Crippen LogP contribution < -0.4 is 15.4 Å². The number of hydrogen-bond acceptors (Lipinski definition) is 4. The second-order valence-electron chi connectivity index (χ2n) is 5.33. The smallest absolute Gasteiger partial charge is 0.134 e. The van der Waals surface area contributed by atoms with E-state index in [0.717, 1.165) is 41.9 Å². The Morgan fingerprint density at radius 1 is 1.32 bits per heavy atom. The lowest BCUT2D eigenvalue weighted by Gasteiger charge is -2.26. The van der Waals surface area contributed by atoms with Crippen LogP contribution in [0.1, 0.15) is 13.3 Å². The monoisotopic (exact) mass is 257 g/mol. The molecular formula is C15H19N3O. The molecule has 4 nitrogen and oxygen atoms in total. The van der Waals surface area contributed by atoms with E-state index in [2.05, 4.69) is 28.6 Å². The molecule has 0 bridgehead atoms. The van der Waals surface area contributed by atoms with Crippen molar-refractivity contribution >= 4 is 16.6 Å². The highest BCUT2D eigenvalue weighted by Crippen LogP contribution is 2.31. The first-order valence-electron chi connectivity index (χ1n) is 6.62. The average molecular weight is 257 g/mol. The molecule has 0 spiro atoms. The van der Waals surface area contributed by atoms with Crippen LogP contribution in [0.4, 0.5) is 5.82 Å². The molecule has 1 atom stereocenters. The first-order chi connectivity index (χ1) is 9.22. The van der Waals surface area contributed by atoms with Crippen molar-refractivity contribution in [2.24, 2.45) is 0 Å². The van der Waals surface area contributed by atoms with Crippen molar-refractivity contribution < 1.29 is 4.74 Å². The van der Waals surface area contributed by atoms with E-state index < -0.39 is 0 Å². The number of fused-ring (bicyclic) bond motifs is 1. The highest BCUT2D eigenvalue weighted by atomic mass is 16.5. The van der Waals surface area contributed by atoms with Crippen LogP contribution in [0.5, 0.6) is 5.75 Å². The van der Waals surface area contributed by atoms with Gasteiger partial charge < -0.3 is 15.4 Å². The number of nitrogens with one attached hydrogen (secondary N) is 2. The van der Waals surface area contributed by atoms with Crippen LogP contribution in [-0.2, 0) is 0 Å². The molecular weight excluding hydrogens is 238 g/mol. The van der Waals surface area contributed by atoms with Crippen LogP contribution in [0.25, 0.3) is 10.8 Å². The minimum atomic E-state index is 0.0738. The summed E-state index contributed by atoms with van der Waals surface area (Å²) in [7, 11) is 1.70. The molecule has 0 saturated carbocycles. The van der Waals surface area contributed by atoms with Crippen LogP contribution in [-0.4, -0.2) is 30.7 Å². The predicted octanol–water partition coefficient (Wildman–Crippen LogP) is 2.41. The van der Waals surface area contributed by atoms with Crippen molar-refractivity contribution in [3.8, 4) is 5.75 Å². The number of rotatable bonds is 3. The van der Waals surface area contributed by atoms with E-state index >= 15 is 0 Å². The molecule has 19 heavy (non-hydrogen) atoms. The Balaban J connectivity index is 2.04. The summed E-state index contributed by atoms with van der Waals surface area (Å²) in [6.45, 7) is 4.25. The first-order valence-corrected chi connectivity index (χ1v) is 6.62. The second-order valence-corrected chi connectivity index (χ2v) is 5.33. The van der Waals surface area contributed by atoms with Gasteiger partial charge in [-0.3, -0.25) is 0 Å². The summed E-state index contributed by atoms with van der Waals surface area (Å²) in [5.74, 6) is 1.82. The topological polar surface area (TPSA) is 46.2 Å². The maximum absolute atomic E-state index is 5.41. The highest BCUT2D eigenvalue weighted by Gasteiger charge is 2.29. The van der Waals surface area contributed by atoms with E-state index in [1.807, 2.05) is 24.4 Å². The Hall–Kier alpha value is -1.81. The number of pyridine rings is 1. The van der Waals surface area contributed by atoms with Crippen molar-refractivity contribution in [1.29, 1.82) is 0 Å². The lowest BCUT2D eigenvalue weighted by Crippen LogP contribution is -2.37. The third-order valence-corrected chi connectivity index (χ3v) is 3.77. The number of methoxy groups -OCH3 is 1. The van der Waals surface area contributed by atoms with Gasteiger partial charge in [-0.15, -0.1) is 0 Å². The number of ether oxygens (including phenoxy) is 1. The lowest BCUT2D eigenvalue weighted by molar-refractivity contribution is 0.420. The standard InChI is InChI=1S/C15H19N3O/c1-15(7-9-16-10-15)18-14-12-4-3-5-13(19-2)11(12)6-8-17-14/h3-6,8,16H,7,9-10H2,1-2H3,(H,17,18). The molecule has 2 heterocycles. The van der Waals surface area contributed by atoms with Gasteiger partial charge in [0.1, 0.15) is 11.6 Å². The van der Waals surface area contributed by atoms with E-state index in [9.17, 15) is 0 Å². The Kier molecular flexibility index (Phi) is 3.03. The number of benzene rings is 1. The largest absolute Gasteiger partial charge is 0.496 e. The molecule has 4 heteroatoms. The van der Waals surface area contributed by atoms with Crippen molar-refractivity contribution in [1.82, 2.24) is 10.3 Å². The molecule has 1 aromatic carbocycles. The van der Waals surface area contributed by atoms with Crippen molar-refractivity contribution in [3.63, 3.8) is 0 Å². The minimum absolute atomic E-state index is 0.0738. The first kappa shape index (κ1) is 12.2. The van der Waals surface area contributed by atoms with E-state index in [1.54, 1.807) is 7.11 Å². The van der Waals surface area contributed by atoms with E-state index in [-0.39, 0.29) is 5.54 Å². The molecule has 1 unspecified atom stereocenters. The Morgan fingerprint density at radius 2 is 2.21 bits per heavy atom. The fourth-order valence-corrected chi connectivity index (χ4v) is 2.67. The predicted molar refractivity (Wildman–Crippen MR) is 77.8 cm³/mol. The van der Waals surface area contributed by atoms with Gasteiger partial charge in [-0.25, -0.2) is 4.98 Å². The van der Waals surface area contributed by atoms with Crippen LogP contribution in [0.2, 0.25) is 0 Å². The van der Waals surface area contributed by atoms with Crippen LogP contribution in [0.15, 0.2) is 30.5 Å². The van der Waals surface area contributed by atoms with Crippen LogP contribution >= 0.6 is 0 Å². The zero-order valence-corrected chi connectivity index (χ0v) is 11.4. The van der Waals surface area contributed by atoms with Gasteiger partial charge in [0.2, 0.25) is 0 Å². The molecule has 100 valence electrons. The molecule has 0 amide bonds. The number of anilines is 1. The van der Waals surface area contributed by atoms with Crippen LogP contribution in [0, 0.1) is 0 Å². The van der Waals surface area contributed by atoms with Gasteiger partial charge >= 0.3 is 0 Å². The number of hydrogen-bond donors (Lipinski definition) is 2. The molecule has 1 aromatic heterocycles. The summed E-state index contributed by atoms with van der Waals surface area (Å²) in [5, 5.41) is 9.17. The molecule has 1 aliphatic heterocycles. The average Bonchev–Trinajstić information content (AvgIpc) is 2.85. The van der Waals surface area contributed by atoms with Gasteiger partial charge in [-0.2, -0.15) is 0 Å². The SMILES string of the molecule is COc1cccc2c(NC3(C)CCNC3)nccc12. The molecule has 1 aliphatic rings.